The minimum atomic E-state index is -0.320. The molecule has 1 fully saturated rings. The van der Waals surface area contributed by atoms with Gasteiger partial charge in [0.1, 0.15) is 10.6 Å². The quantitative estimate of drug-likeness (QED) is 0.842. The molecule has 1 aromatic heterocycles. The smallest absolute Gasteiger partial charge is 0.343 e. The first-order chi connectivity index (χ1) is 8.18. The number of rotatable bonds is 3. The van der Waals surface area contributed by atoms with E-state index in [4.69, 9.17) is 10.5 Å². The van der Waals surface area contributed by atoms with E-state index in [-0.39, 0.29) is 5.97 Å². The number of nitrogens with zero attached hydrogens (tertiary/aromatic N) is 1. The minimum Gasteiger partial charge on any atom is -0.462 e. The standard InChI is InChI=1S/C12H18N2O2S/c1-8-10(11(13)17-14-8)12(15)16-7-9-5-3-2-4-6-9/h9H,2-7,13H2,1H3. The molecule has 94 valence electrons. The van der Waals surface area contributed by atoms with Crippen molar-refractivity contribution in [2.45, 2.75) is 39.0 Å². The number of aryl methyl sites for hydroxylation is 1. The monoisotopic (exact) mass is 254 g/mol. The van der Waals surface area contributed by atoms with E-state index >= 15 is 0 Å². The third-order valence-electron chi connectivity index (χ3n) is 3.27. The zero-order valence-corrected chi connectivity index (χ0v) is 10.9. The highest BCUT2D eigenvalue weighted by atomic mass is 32.1. The lowest BCUT2D eigenvalue weighted by Crippen LogP contribution is -2.17. The van der Waals surface area contributed by atoms with Gasteiger partial charge in [0.25, 0.3) is 0 Å². The van der Waals surface area contributed by atoms with Crippen molar-refractivity contribution in [1.82, 2.24) is 4.37 Å². The fraction of sp³-hybridized carbons (Fsp3) is 0.667. The number of anilines is 1. The van der Waals surface area contributed by atoms with Gasteiger partial charge in [0, 0.05) is 0 Å². The lowest BCUT2D eigenvalue weighted by Gasteiger charge is -2.20. The molecule has 0 aliphatic heterocycles. The summed E-state index contributed by atoms with van der Waals surface area (Å²) >= 11 is 1.15. The highest BCUT2D eigenvalue weighted by molar-refractivity contribution is 7.10. The second-order valence-electron chi connectivity index (χ2n) is 4.61. The molecule has 0 unspecified atom stereocenters. The number of carbonyl (C=O) groups excluding carboxylic acids is 1. The van der Waals surface area contributed by atoms with Gasteiger partial charge in [0.05, 0.1) is 12.3 Å². The lowest BCUT2D eigenvalue weighted by atomic mass is 9.90. The summed E-state index contributed by atoms with van der Waals surface area (Å²) in [6.07, 6.45) is 6.16. The zero-order valence-electron chi connectivity index (χ0n) is 10.1. The van der Waals surface area contributed by atoms with Crippen LogP contribution in [0, 0.1) is 12.8 Å². The summed E-state index contributed by atoms with van der Waals surface area (Å²) < 4.78 is 9.38. The topological polar surface area (TPSA) is 65.2 Å². The van der Waals surface area contributed by atoms with Gasteiger partial charge in [-0.2, -0.15) is 4.37 Å². The van der Waals surface area contributed by atoms with Crippen molar-refractivity contribution in [1.29, 1.82) is 0 Å². The SMILES string of the molecule is Cc1nsc(N)c1C(=O)OCC1CCCCC1. The van der Waals surface area contributed by atoms with Crippen LogP contribution in [0.2, 0.25) is 0 Å². The van der Waals surface area contributed by atoms with Crippen LogP contribution in [0.3, 0.4) is 0 Å². The molecule has 0 spiro atoms. The van der Waals surface area contributed by atoms with Crippen molar-refractivity contribution in [3.63, 3.8) is 0 Å². The molecule has 2 N–H and O–H groups in total. The molecule has 5 heteroatoms. The average molecular weight is 254 g/mol. The highest BCUT2D eigenvalue weighted by Crippen LogP contribution is 2.25. The number of carbonyl (C=O) groups is 1. The van der Waals surface area contributed by atoms with Gasteiger partial charge in [0.15, 0.2) is 0 Å². The molecule has 0 amide bonds. The first-order valence-corrected chi connectivity index (χ1v) is 6.84. The predicted molar refractivity (Wildman–Crippen MR) is 68.1 cm³/mol. The molecule has 1 aromatic rings. The summed E-state index contributed by atoms with van der Waals surface area (Å²) in [6.45, 7) is 2.30. The maximum absolute atomic E-state index is 11.9. The van der Waals surface area contributed by atoms with Crippen molar-refractivity contribution in [2.75, 3.05) is 12.3 Å². The van der Waals surface area contributed by atoms with E-state index < -0.39 is 0 Å². The summed E-state index contributed by atoms with van der Waals surface area (Å²) in [5.74, 6) is 0.208. The molecule has 0 radical (unpaired) electrons. The number of nitrogens with two attached hydrogens (primary N) is 1. The Morgan fingerprint density at radius 1 is 1.47 bits per heavy atom. The van der Waals surface area contributed by atoms with Gasteiger partial charge >= 0.3 is 5.97 Å². The number of ether oxygens (including phenoxy) is 1. The van der Waals surface area contributed by atoms with Gasteiger partial charge in [-0.25, -0.2) is 4.79 Å². The number of aromatic nitrogens is 1. The Balaban J connectivity index is 1.89. The number of hydrogen-bond donors (Lipinski definition) is 1. The minimum absolute atomic E-state index is 0.320. The van der Waals surface area contributed by atoms with Gasteiger partial charge in [-0.1, -0.05) is 19.3 Å². The van der Waals surface area contributed by atoms with Crippen LogP contribution in [-0.2, 0) is 4.74 Å². The van der Waals surface area contributed by atoms with E-state index in [0.717, 1.165) is 11.5 Å². The van der Waals surface area contributed by atoms with Crippen molar-refractivity contribution in [3.05, 3.63) is 11.3 Å². The van der Waals surface area contributed by atoms with E-state index in [2.05, 4.69) is 4.37 Å². The number of nitrogen functional groups attached to an aromatic ring is 1. The Bertz CT molecular complexity index is 378. The van der Waals surface area contributed by atoms with Crippen LogP contribution in [0.4, 0.5) is 5.00 Å². The molecule has 1 aliphatic rings. The second kappa shape index (κ2) is 5.49. The Morgan fingerprint density at radius 2 is 2.18 bits per heavy atom. The van der Waals surface area contributed by atoms with Crippen LogP contribution in [0.15, 0.2) is 0 Å². The van der Waals surface area contributed by atoms with Crippen LogP contribution < -0.4 is 5.73 Å². The molecule has 0 atom stereocenters. The van der Waals surface area contributed by atoms with E-state index in [9.17, 15) is 4.79 Å². The Labute approximate surface area is 105 Å². The molecule has 0 aromatic carbocycles. The van der Waals surface area contributed by atoms with Crippen molar-refractivity contribution >= 4 is 22.5 Å². The van der Waals surface area contributed by atoms with E-state index in [1.165, 1.54) is 32.1 Å². The van der Waals surface area contributed by atoms with E-state index in [1.807, 2.05) is 0 Å². The summed E-state index contributed by atoms with van der Waals surface area (Å²) in [6, 6.07) is 0. The molecule has 4 nitrogen and oxygen atoms in total. The van der Waals surface area contributed by atoms with Crippen molar-refractivity contribution in [2.24, 2.45) is 5.92 Å². The molecule has 17 heavy (non-hydrogen) atoms. The molecule has 2 rings (SSSR count). The van der Waals surface area contributed by atoms with Crippen LogP contribution >= 0.6 is 11.5 Å². The molecule has 1 aliphatic carbocycles. The molecule has 0 bridgehead atoms. The van der Waals surface area contributed by atoms with Crippen LogP contribution in [-0.4, -0.2) is 16.9 Å². The average Bonchev–Trinajstić information content (AvgIpc) is 2.67. The summed E-state index contributed by atoms with van der Waals surface area (Å²) in [5.41, 5.74) is 6.82. The van der Waals surface area contributed by atoms with Gasteiger partial charge in [-0.15, -0.1) is 0 Å². The largest absolute Gasteiger partial charge is 0.462 e. The third-order valence-corrected chi connectivity index (χ3v) is 4.03. The predicted octanol–water partition coefficient (Wildman–Crippen LogP) is 2.77. The first-order valence-electron chi connectivity index (χ1n) is 6.07. The van der Waals surface area contributed by atoms with E-state index in [1.54, 1.807) is 6.92 Å². The zero-order chi connectivity index (χ0) is 12.3. The van der Waals surface area contributed by atoms with Crippen LogP contribution in [0.25, 0.3) is 0 Å². The fourth-order valence-corrected chi connectivity index (χ4v) is 2.90. The van der Waals surface area contributed by atoms with E-state index in [0.29, 0.717) is 28.8 Å². The lowest BCUT2D eigenvalue weighted by molar-refractivity contribution is 0.0411. The van der Waals surface area contributed by atoms with Gasteiger partial charge < -0.3 is 10.5 Å². The Kier molecular flexibility index (Phi) is 3.99. The molecular weight excluding hydrogens is 236 g/mol. The summed E-state index contributed by atoms with van der Waals surface area (Å²) in [7, 11) is 0. The van der Waals surface area contributed by atoms with Crippen molar-refractivity contribution < 1.29 is 9.53 Å². The number of esters is 1. The highest BCUT2D eigenvalue weighted by Gasteiger charge is 2.20. The molecule has 0 saturated heterocycles. The third kappa shape index (κ3) is 2.97. The van der Waals surface area contributed by atoms with Gasteiger partial charge in [-0.3, -0.25) is 0 Å². The Hall–Kier alpha value is -1.10. The van der Waals surface area contributed by atoms with Crippen LogP contribution in [0.5, 0.6) is 0 Å². The van der Waals surface area contributed by atoms with Crippen LogP contribution in [0.1, 0.15) is 48.2 Å². The molecule has 1 heterocycles. The Morgan fingerprint density at radius 3 is 2.76 bits per heavy atom. The summed E-state index contributed by atoms with van der Waals surface area (Å²) in [4.78, 5) is 11.9. The van der Waals surface area contributed by atoms with Crippen molar-refractivity contribution in [3.8, 4) is 0 Å². The maximum atomic E-state index is 11.9. The van der Waals surface area contributed by atoms with Gasteiger partial charge in [-0.05, 0) is 37.2 Å². The maximum Gasteiger partial charge on any atom is 0.343 e. The summed E-state index contributed by atoms with van der Waals surface area (Å²) in [5, 5.41) is 0.455. The molecule has 1 saturated carbocycles. The first kappa shape index (κ1) is 12.4. The second-order valence-corrected chi connectivity index (χ2v) is 5.41. The fourth-order valence-electron chi connectivity index (χ4n) is 2.26. The normalized spacial score (nSPS) is 17.0. The van der Waals surface area contributed by atoms with Gasteiger partial charge in [0.2, 0.25) is 0 Å². The molecular formula is C12H18N2O2S. The number of hydrogen-bond acceptors (Lipinski definition) is 5.